The lowest BCUT2D eigenvalue weighted by atomic mass is 10.3. The second-order valence-corrected chi connectivity index (χ2v) is 7.32. The van der Waals surface area contributed by atoms with Crippen molar-refractivity contribution in [3.8, 4) is 0 Å². The van der Waals surface area contributed by atoms with Crippen LogP contribution in [0.25, 0.3) is 0 Å². The molecular weight excluding hydrogens is 346 g/mol. The Balaban J connectivity index is 1.91. The van der Waals surface area contributed by atoms with E-state index in [9.17, 15) is 13.2 Å². The van der Waals surface area contributed by atoms with Crippen LogP contribution in [0.3, 0.4) is 0 Å². The predicted molar refractivity (Wildman–Crippen MR) is 79.5 cm³/mol. The summed E-state index contributed by atoms with van der Waals surface area (Å²) in [4.78, 5) is 11.5. The Hall–Kier alpha value is -1.12. The van der Waals surface area contributed by atoms with E-state index in [0.717, 1.165) is 12.8 Å². The minimum absolute atomic E-state index is 0.0169. The highest BCUT2D eigenvalue weighted by Crippen LogP contribution is 2.22. The maximum Gasteiger partial charge on any atom is 0.242 e. The van der Waals surface area contributed by atoms with Crippen molar-refractivity contribution < 1.29 is 13.2 Å². The highest BCUT2D eigenvalue weighted by Gasteiger charge is 2.23. The molecule has 0 saturated heterocycles. The van der Waals surface area contributed by atoms with Gasteiger partial charge in [-0.3, -0.25) is 4.79 Å². The molecule has 1 saturated carbocycles. The molecule has 2 rings (SSSR count). The summed E-state index contributed by atoms with van der Waals surface area (Å²) in [5.41, 5.74) is 5.85. The zero-order valence-electron chi connectivity index (χ0n) is 10.7. The van der Waals surface area contributed by atoms with Gasteiger partial charge in [-0.05, 0) is 31.0 Å². The SMILES string of the molecule is Nc1cc(Br)ccc1S(=O)(=O)NCCC(=O)NC1CC1. The molecule has 6 nitrogen and oxygen atoms in total. The summed E-state index contributed by atoms with van der Waals surface area (Å²) in [5, 5.41) is 2.79. The Morgan fingerprint density at radius 3 is 2.70 bits per heavy atom. The van der Waals surface area contributed by atoms with Gasteiger partial charge in [0.2, 0.25) is 15.9 Å². The fourth-order valence-corrected chi connectivity index (χ4v) is 3.19. The first-order valence-electron chi connectivity index (χ1n) is 6.22. The fourth-order valence-electron chi connectivity index (χ4n) is 1.67. The van der Waals surface area contributed by atoms with Crippen LogP contribution in [-0.4, -0.2) is 26.9 Å². The first kappa shape index (κ1) is 15.3. The van der Waals surface area contributed by atoms with Gasteiger partial charge in [0.1, 0.15) is 4.90 Å². The highest BCUT2D eigenvalue weighted by molar-refractivity contribution is 9.10. The van der Waals surface area contributed by atoms with E-state index in [4.69, 9.17) is 5.73 Å². The molecular formula is C12H16BrN3O3S. The van der Waals surface area contributed by atoms with Gasteiger partial charge in [-0.15, -0.1) is 0 Å². The molecule has 1 aromatic rings. The van der Waals surface area contributed by atoms with E-state index < -0.39 is 10.0 Å². The number of hydrogen-bond donors (Lipinski definition) is 3. The van der Waals surface area contributed by atoms with Crippen molar-refractivity contribution in [2.45, 2.75) is 30.2 Å². The molecule has 1 aliphatic carbocycles. The summed E-state index contributed by atoms with van der Waals surface area (Å²) in [6.45, 7) is 0.0520. The lowest BCUT2D eigenvalue weighted by molar-refractivity contribution is -0.121. The summed E-state index contributed by atoms with van der Waals surface area (Å²) in [6, 6.07) is 4.83. The van der Waals surface area contributed by atoms with Crippen LogP contribution in [0.1, 0.15) is 19.3 Å². The third-order valence-electron chi connectivity index (χ3n) is 2.85. The van der Waals surface area contributed by atoms with Gasteiger partial charge in [0, 0.05) is 23.5 Å². The molecule has 20 heavy (non-hydrogen) atoms. The zero-order valence-corrected chi connectivity index (χ0v) is 13.1. The number of amides is 1. The largest absolute Gasteiger partial charge is 0.398 e. The maximum absolute atomic E-state index is 12.0. The number of carbonyl (C=O) groups excluding carboxylic acids is 1. The van der Waals surface area contributed by atoms with Gasteiger partial charge in [0.15, 0.2) is 0 Å². The molecule has 1 amide bonds. The summed E-state index contributed by atoms with van der Waals surface area (Å²) in [6.07, 6.45) is 2.13. The van der Waals surface area contributed by atoms with Gasteiger partial charge in [-0.1, -0.05) is 15.9 Å². The van der Waals surface area contributed by atoms with Gasteiger partial charge >= 0.3 is 0 Å². The Bertz CT molecular complexity index is 614. The van der Waals surface area contributed by atoms with Crippen molar-refractivity contribution in [1.82, 2.24) is 10.0 Å². The van der Waals surface area contributed by atoms with Gasteiger partial charge in [0.25, 0.3) is 0 Å². The Labute approximate surface area is 126 Å². The molecule has 1 aliphatic rings. The number of carbonyl (C=O) groups is 1. The molecule has 0 unspecified atom stereocenters. The highest BCUT2D eigenvalue weighted by atomic mass is 79.9. The van der Waals surface area contributed by atoms with E-state index in [1.165, 1.54) is 12.1 Å². The minimum atomic E-state index is -3.69. The average Bonchev–Trinajstić information content (AvgIpc) is 3.11. The van der Waals surface area contributed by atoms with E-state index in [1.807, 2.05) is 0 Å². The first-order valence-corrected chi connectivity index (χ1v) is 8.50. The minimum Gasteiger partial charge on any atom is -0.398 e. The molecule has 1 fully saturated rings. The zero-order chi connectivity index (χ0) is 14.8. The number of nitrogens with one attached hydrogen (secondary N) is 2. The Kier molecular flexibility index (Phi) is 4.66. The molecule has 110 valence electrons. The fraction of sp³-hybridized carbons (Fsp3) is 0.417. The number of rotatable bonds is 6. The molecule has 0 atom stereocenters. The van der Waals surface area contributed by atoms with Crippen molar-refractivity contribution in [3.63, 3.8) is 0 Å². The number of halogens is 1. The van der Waals surface area contributed by atoms with Crippen LogP contribution in [0.15, 0.2) is 27.6 Å². The van der Waals surface area contributed by atoms with Gasteiger partial charge in [-0.2, -0.15) is 0 Å². The van der Waals surface area contributed by atoms with Crippen LogP contribution >= 0.6 is 15.9 Å². The normalized spacial score (nSPS) is 15.1. The van der Waals surface area contributed by atoms with Crippen molar-refractivity contribution >= 4 is 37.5 Å². The number of nitrogen functional groups attached to an aromatic ring is 1. The molecule has 0 spiro atoms. The van der Waals surface area contributed by atoms with Crippen molar-refractivity contribution in [1.29, 1.82) is 0 Å². The quantitative estimate of drug-likeness (QED) is 0.657. The van der Waals surface area contributed by atoms with E-state index in [2.05, 4.69) is 26.0 Å². The van der Waals surface area contributed by atoms with E-state index in [1.54, 1.807) is 6.07 Å². The summed E-state index contributed by atoms with van der Waals surface area (Å²) >= 11 is 3.22. The Morgan fingerprint density at radius 1 is 1.40 bits per heavy atom. The predicted octanol–water partition coefficient (Wildman–Crippen LogP) is 0.978. The molecule has 0 aromatic heterocycles. The molecule has 0 aliphatic heterocycles. The van der Waals surface area contributed by atoms with Crippen molar-refractivity contribution in [3.05, 3.63) is 22.7 Å². The van der Waals surface area contributed by atoms with Gasteiger partial charge in [0.05, 0.1) is 5.69 Å². The molecule has 0 heterocycles. The number of hydrogen-bond acceptors (Lipinski definition) is 4. The van der Waals surface area contributed by atoms with Crippen LogP contribution in [0.2, 0.25) is 0 Å². The Morgan fingerprint density at radius 2 is 2.10 bits per heavy atom. The van der Waals surface area contributed by atoms with Crippen LogP contribution < -0.4 is 15.8 Å². The third kappa shape index (κ3) is 4.19. The topological polar surface area (TPSA) is 101 Å². The first-order chi connectivity index (χ1) is 9.38. The number of benzene rings is 1. The lowest BCUT2D eigenvalue weighted by Gasteiger charge is -2.09. The second kappa shape index (κ2) is 6.11. The van der Waals surface area contributed by atoms with Gasteiger partial charge in [-0.25, -0.2) is 13.1 Å². The molecule has 0 radical (unpaired) electrons. The van der Waals surface area contributed by atoms with Crippen molar-refractivity contribution in [2.24, 2.45) is 0 Å². The van der Waals surface area contributed by atoms with E-state index in [0.29, 0.717) is 4.47 Å². The second-order valence-electron chi connectivity index (χ2n) is 4.67. The molecule has 8 heteroatoms. The standard InChI is InChI=1S/C12H16BrN3O3S/c13-8-1-4-11(10(14)7-8)20(18,19)15-6-5-12(17)16-9-2-3-9/h1,4,7,9,15H,2-3,5-6,14H2,(H,16,17). The average molecular weight is 362 g/mol. The molecule has 1 aromatic carbocycles. The van der Waals surface area contributed by atoms with Crippen molar-refractivity contribution in [2.75, 3.05) is 12.3 Å². The van der Waals surface area contributed by atoms with Gasteiger partial charge < -0.3 is 11.1 Å². The summed E-state index contributed by atoms with van der Waals surface area (Å²) in [7, 11) is -3.69. The van der Waals surface area contributed by atoms with E-state index >= 15 is 0 Å². The lowest BCUT2D eigenvalue weighted by Crippen LogP contribution is -2.32. The smallest absolute Gasteiger partial charge is 0.242 e. The van der Waals surface area contributed by atoms with Crippen LogP contribution in [0.4, 0.5) is 5.69 Å². The number of sulfonamides is 1. The summed E-state index contributed by atoms with van der Waals surface area (Å²) < 4.78 is 27.2. The van der Waals surface area contributed by atoms with Crippen LogP contribution in [0, 0.1) is 0 Å². The third-order valence-corrected chi connectivity index (χ3v) is 4.88. The molecule has 0 bridgehead atoms. The maximum atomic E-state index is 12.0. The van der Waals surface area contributed by atoms with E-state index in [-0.39, 0.29) is 35.5 Å². The molecule has 4 N–H and O–H groups in total. The number of anilines is 1. The summed E-state index contributed by atoms with van der Waals surface area (Å²) in [5.74, 6) is -0.140. The number of nitrogens with two attached hydrogens (primary N) is 1. The van der Waals surface area contributed by atoms with Crippen LogP contribution in [0.5, 0.6) is 0 Å². The van der Waals surface area contributed by atoms with Crippen LogP contribution in [-0.2, 0) is 14.8 Å². The monoisotopic (exact) mass is 361 g/mol.